The molecule has 6 aromatic carbocycles. The Morgan fingerprint density at radius 3 is 0.892 bits per heavy atom. The van der Waals surface area contributed by atoms with Gasteiger partial charge < -0.3 is 20.1 Å². The van der Waals surface area contributed by atoms with Crippen molar-refractivity contribution < 1.29 is 66.2 Å². The average molecular weight is 1090 g/mol. The van der Waals surface area contributed by atoms with Gasteiger partial charge in [0, 0.05) is 12.1 Å². The van der Waals surface area contributed by atoms with Crippen LogP contribution in [0.25, 0.3) is 0 Å². The van der Waals surface area contributed by atoms with Crippen molar-refractivity contribution in [2.45, 2.75) is 61.1 Å². The van der Waals surface area contributed by atoms with Crippen LogP contribution in [0.2, 0.25) is 0 Å². The summed E-state index contributed by atoms with van der Waals surface area (Å²) in [5.74, 6) is 0.495. The fourth-order valence-electron chi connectivity index (χ4n) is 6.70. The number of ether oxygens (including phenoxy) is 2. The van der Waals surface area contributed by atoms with Crippen molar-refractivity contribution in [1.29, 1.82) is 0 Å². The highest BCUT2D eigenvalue weighted by Crippen LogP contribution is 2.39. The molecule has 0 aromatic heterocycles. The Labute approximate surface area is 424 Å². The quantitative estimate of drug-likeness (QED) is 0.0387. The molecule has 0 saturated carbocycles. The zero-order valence-electron chi connectivity index (χ0n) is 40.1. The molecule has 0 aliphatic carbocycles. The molecule has 388 valence electrons. The van der Waals surface area contributed by atoms with Crippen LogP contribution in [-0.2, 0) is 40.5 Å². The summed E-state index contributed by atoms with van der Waals surface area (Å²) in [4.78, 5) is 10.1. The van der Waals surface area contributed by atoms with Crippen molar-refractivity contribution in [2.24, 2.45) is 40.9 Å². The molecule has 0 saturated heterocycles. The molecule has 0 aliphatic heterocycles. The lowest BCUT2D eigenvalue weighted by atomic mass is 10.1. The maximum Gasteiger partial charge on any atom is 0.323 e. The van der Waals surface area contributed by atoms with E-state index in [4.69, 9.17) is 9.47 Å². The number of methoxy groups -OCH3 is 2. The fraction of sp³-hybridized carbons (Fsp3) is 0.178. The highest BCUT2D eigenvalue weighted by molar-refractivity contribution is 7.87. The number of urea groups is 1. The van der Waals surface area contributed by atoms with Crippen LogP contribution in [0, 0.1) is 41.5 Å². The first kappa shape index (κ1) is 55.5. The lowest BCUT2D eigenvalue weighted by Crippen LogP contribution is -2.20. The SMILES string of the molecule is COc1cc(N=Nc2cc(C)c(N=Nc3ccc(S(=O)(=O)O)cc3S(=O)(=O)O)cc2C)c(C)cc1NC(=O)Nc1cc(C)c(N=Nc2cc(C)c(N=Nc3ccc(S(=O)(=O)O)cc3S(=O)(=O)O)cc2C)cc1OC. The number of amides is 2. The topological polar surface area (TPSA) is 376 Å². The normalized spacial score (nSPS) is 12.6. The molecular weight excluding hydrogens is 1050 g/mol. The third kappa shape index (κ3) is 13.4. The van der Waals surface area contributed by atoms with E-state index >= 15 is 0 Å². The van der Waals surface area contributed by atoms with Gasteiger partial charge in [-0.2, -0.15) is 64.4 Å². The van der Waals surface area contributed by atoms with E-state index in [1.807, 2.05) is 0 Å². The third-order valence-corrected chi connectivity index (χ3v) is 14.1. The number of rotatable bonds is 16. The Hall–Kier alpha value is -7.77. The molecule has 0 spiro atoms. The van der Waals surface area contributed by atoms with E-state index in [1.165, 1.54) is 14.2 Å². The fourth-order valence-corrected chi connectivity index (χ4v) is 9.16. The van der Waals surface area contributed by atoms with E-state index in [9.17, 15) is 56.7 Å². The summed E-state index contributed by atoms with van der Waals surface area (Å²) >= 11 is 0. The standard InChI is InChI=1S/C45H44N10O15S4/c1-23-15-35(25(3)13-33(23)50-48-31-11-9-29(71(57,58)59)19-43(31)73(63,64)65)52-54-37-21-41(69-7)39(17-27(37)5)46-45(56)47-40-18-28(6)38(22-42(40)70-8)55-53-36-16-24(2)34(14-26(36)4)51-49-32-12-10-30(72(60,61)62)20-44(32)74(66,67)68/h9-22H,1-8H3,(H2,46,47,56)(H,57,58,59)(H,60,61,62)(H,63,64,65)(H,66,67,68). The molecule has 0 unspecified atom stereocenters. The summed E-state index contributed by atoms with van der Waals surface area (Å²) in [6, 6.07) is 17.1. The number of azo groups is 4. The molecule has 0 atom stereocenters. The predicted molar refractivity (Wildman–Crippen MR) is 269 cm³/mol. The van der Waals surface area contributed by atoms with Gasteiger partial charge in [0.1, 0.15) is 32.7 Å². The van der Waals surface area contributed by atoms with Gasteiger partial charge in [0.15, 0.2) is 0 Å². The summed E-state index contributed by atoms with van der Waals surface area (Å²) in [6.45, 7) is 10.3. The molecule has 0 fully saturated rings. The molecule has 74 heavy (non-hydrogen) atoms. The largest absolute Gasteiger partial charge is 0.494 e. The summed E-state index contributed by atoms with van der Waals surface area (Å²) in [5.41, 5.74) is 5.52. The van der Waals surface area contributed by atoms with E-state index in [1.54, 1.807) is 90.1 Å². The molecule has 25 nitrogen and oxygen atoms in total. The molecule has 6 rings (SSSR count). The van der Waals surface area contributed by atoms with Gasteiger partial charge >= 0.3 is 6.03 Å². The van der Waals surface area contributed by atoms with Crippen LogP contribution < -0.4 is 20.1 Å². The zero-order valence-corrected chi connectivity index (χ0v) is 43.3. The van der Waals surface area contributed by atoms with Crippen molar-refractivity contribution in [3.63, 3.8) is 0 Å². The highest BCUT2D eigenvalue weighted by Gasteiger charge is 2.23. The molecule has 0 aliphatic rings. The summed E-state index contributed by atoms with van der Waals surface area (Å²) in [6.07, 6.45) is 0. The van der Waals surface area contributed by atoms with Crippen LogP contribution in [0.1, 0.15) is 33.4 Å². The molecular formula is C45H44N10O15S4. The molecule has 0 bridgehead atoms. The Balaban J connectivity index is 1.15. The number of hydrogen-bond acceptors (Lipinski definition) is 19. The van der Waals surface area contributed by atoms with Gasteiger partial charge in [0.05, 0.1) is 69.5 Å². The minimum Gasteiger partial charge on any atom is -0.494 e. The average Bonchev–Trinajstić information content (AvgIpc) is 3.30. The number of aryl methyl sites for hydroxylation is 6. The Bertz CT molecular complexity index is 3620. The minimum absolute atomic E-state index is 0.247. The van der Waals surface area contributed by atoms with Crippen LogP contribution in [0.3, 0.4) is 0 Å². The number of carbonyl (C=O) groups excluding carboxylic acids is 1. The van der Waals surface area contributed by atoms with Gasteiger partial charge in [-0.15, -0.1) is 10.2 Å². The first-order valence-electron chi connectivity index (χ1n) is 21.0. The number of carbonyl (C=O) groups is 1. The van der Waals surface area contributed by atoms with E-state index in [0.29, 0.717) is 79.6 Å². The molecule has 0 heterocycles. The second-order valence-electron chi connectivity index (χ2n) is 16.1. The van der Waals surface area contributed by atoms with Gasteiger partial charge in [0.25, 0.3) is 40.5 Å². The first-order chi connectivity index (χ1) is 34.5. The number of anilines is 2. The number of nitrogens with one attached hydrogen (secondary N) is 2. The highest BCUT2D eigenvalue weighted by atomic mass is 32.2. The Morgan fingerprint density at radius 2 is 0.635 bits per heavy atom. The second kappa shape index (κ2) is 21.8. The minimum atomic E-state index is -4.96. The molecule has 29 heteroatoms. The van der Waals surface area contributed by atoms with Gasteiger partial charge in [-0.25, -0.2) is 4.79 Å². The lowest BCUT2D eigenvalue weighted by molar-refractivity contribution is 0.262. The number of benzene rings is 6. The van der Waals surface area contributed by atoms with E-state index in [-0.39, 0.29) is 34.2 Å². The van der Waals surface area contributed by atoms with E-state index in [0.717, 1.165) is 24.3 Å². The summed E-state index contributed by atoms with van der Waals surface area (Å²) < 4.78 is 143. The van der Waals surface area contributed by atoms with Crippen LogP contribution in [0.15, 0.2) is 145 Å². The zero-order chi connectivity index (χ0) is 54.7. The van der Waals surface area contributed by atoms with Gasteiger partial charge in [-0.05, 0) is 148 Å². The monoisotopic (exact) mass is 1090 g/mol. The van der Waals surface area contributed by atoms with Crippen molar-refractivity contribution in [3.05, 3.63) is 118 Å². The molecule has 2 amide bonds. The van der Waals surface area contributed by atoms with Gasteiger partial charge in [-0.3, -0.25) is 18.2 Å². The molecule has 6 N–H and O–H groups in total. The maximum atomic E-state index is 13.4. The summed E-state index contributed by atoms with van der Waals surface area (Å²) in [5, 5.41) is 39.1. The van der Waals surface area contributed by atoms with Gasteiger partial charge in [-0.1, -0.05) is 0 Å². The predicted octanol–water partition coefficient (Wildman–Crippen LogP) is 11.8. The number of nitrogens with zero attached hydrogens (tertiary/aromatic N) is 8. The lowest BCUT2D eigenvalue weighted by Gasteiger charge is -2.15. The molecule has 6 aromatic rings. The van der Waals surface area contributed by atoms with Crippen LogP contribution in [-0.4, -0.2) is 72.1 Å². The van der Waals surface area contributed by atoms with Crippen LogP contribution >= 0.6 is 0 Å². The molecule has 0 radical (unpaired) electrons. The smallest absolute Gasteiger partial charge is 0.323 e. The maximum absolute atomic E-state index is 13.4. The van der Waals surface area contributed by atoms with Crippen molar-refractivity contribution >= 4 is 103 Å². The van der Waals surface area contributed by atoms with Crippen molar-refractivity contribution in [1.82, 2.24) is 0 Å². The Kier molecular flexibility index (Phi) is 16.3. The summed E-state index contributed by atoms with van der Waals surface area (Å²) in [7, 11) is -16.7. The van der Waals surface area contributed by atoms with Crippen LogP contribution in [0.4, 0.5) is 61.7 Å². The van der Waals surface area contributed by atoms with Crippen molar-refractivity contribution in [3.8, 4) is 11.5 Å². The van der Waals surface area contributed by atoms with Gasteiger partial charge in [0.2, 0.25) is 0 Å². The number of hydrogen-bond donors (Lipinski definition) is 6. The van der Waals surface area contributed by atoms with Crippen molar-refractivity contribution in [2.75, 3.05) is 24.9 Å². The third-order valence-electron chi connectivity index (χ3n) is 10.6. The first-order valence-corrected chi connectivity index (χ1v) is 26.8. The van der Waals surface area contributed by atoms with E-state index in [2.05, 4.69) is 51.5 Å². The Morgan fingerprint density at radius 1 is 0.378 bits per heavy atom. The van der Waals surface area contributed by atoms with E-state index < -0.39 is 66.1 Å². The van der Waals surface area contributed by atoms with Crippen LogP contribution in [0.5, 0.6) is 11.5 Å². The second-order valence-corrected chi connectivity index (χ2v) is 21.7.